The molecule has 3 nitrogen and oxygen atoms in total. The summed E-state index contributed by atoms with van der Waals surface area (Å²) < 4.78 is 1.86. The summed E-state index contributed by atoms with van der Waals surface area (Å²) >= 11 is 1.69. The van der Waals surface area contributed by atoms with Crippen molar-refractivity contribution < 1.29 is 5.11 Å². The normalized spacial score (nSPS) is 12.9. The molecule has 2 aromatic rings. The number of thiophene rings is 1. The molecule has 0 fully saturated rings. The quantitative estimate of drug-likeness (QED) is 0.860. The van der Waals surface area contributed by atoms with Gasteiger partial charge in [-0.1, -0.05) is 0 Å². The second kappa shape index (κ2) is 4.59. The number of hydrogen-bond acceptors (Lipinski definition) is 3. The number of imidazole rings is 1. The van der Waals surface area contributed by atoms with Crippen molar-refractivity contribution in [3.63, 3.8) is 0 Å². The standard InChI is InChI=1S/C11H14N2OS/c1-13-8-12-6-10(13)11(14)3-2-9-4-5-15-7-9/h4-8,11,14H,2-3H2,1H3. The van der Waals surface area contributed by atoms with Crippen LogP contribution in [0.4, 0.5) is 0 Å². The first-order valence-corrected chi connectivity index (χ1v) is 5.87. The number of hydrogen-bond donors (Lipinski definition) is 1. The number of nitrogens with zero attached hydrogens (tertiary/aromatic N) is 2. The van der Waals surface area contributed by atoms with Crippen molar-refractivity contribution in [2.24, 2.45) is 7.05 Å². The summed E-state index contributed by atoms with van der Waals surface area (Å²) in [5.41, 5.74) is 2.17. The second-order valence-electron chi connectivity index (χ2n) is 3.62. The highest BCUT2D eigenvalue weighted by molar-refractivity contribution is 7.07. The van der Waals surface area contributed by atoms with E-state index in [-0.39, 0.29) is 0 Å². The molecular weight excluding hydrogens is 208 g/mol. The molecule has 0 spiro atoms. The van der Waals surface area contributed by atoms with Gasteiger partial charge in [0.05, 0.1) is 24.3 Å². The lowest BCUT2D eigenvalue weighted by atomic mass is 10.1. The van der Waals surface area contributed by atoms with Gasteiger partial charge in [0.15, 0.2) is 0 Å². The molecule has 0 aliphatic rings. The molecule has 0 aliphatic carbocycles. The van der Waals surface area contributed by atoms with Crippen LogP contribution in [0.2, 0.25) is 0 Å². The van der Waals surface area contributed by atoms with Crippen molar-refractivity contribution >= 4 is 11.3 Å². The monoisotopic (exact) mass is 222 g/mol. The lowest BCUT2D eigenvalue weighted by molar-refractivity contribution is 0.159. The van der Waals surface area contributed by atoms with Crippen LogP contribution in [-0.2, 0) is 13.5 Å². The zero-order valence-corrected chi connectivity index (χ0v) is 9.44. The van der Waals surface area contributed by atoms with E-state index >= 15 is 0 Å². The van der Waals surface area contributed by atoms with Crippen molar-refractivity contribution in [3.8, 4) is 0 Å². The molecular formula is C11H14N2OS. The number of rotatable bonds is 4. The second-order valence-corrected chi connectivity index (χ2v) is 4.40. The summed E-state index contributed by atoms with van der Waals surface area (Å²) in [6, 6.07) is 2.10. The van der Waals surface area contributed by atoms with Gasteiger partial charge in [-0.15, -0.1) is 0 Å². The minimum Gasteiger partial charge on any atom is -0.387 e. The van der Waals surface area contributed by atoms with Crippen molar-refractivity contribution in [2.75, 3.05) is 0 Å². The minimum absolute atomic E-state index is 0.419. The van der Waals surface area contributed by atoms with E-state index in [4.69, 9.17) is 0 Å². The van der Waals surface area contributed by atoms with Gasteiger partial charge in [-0.05, 0) is 35.2 Å². The summed E-state index contributed by atoms with van der Waals surface area (Å²) in [6.45, 7) is 0. The van der Waals surface area contributed by atoms with Crippen LogP contribution in [0.1, 0.15) is 23.8 Å². The topological polar surface area (TPSA) is 38.0 Å². The first-order valence-electron chi connectivity index (χ1n) is 4.92. The predicted molar refractivity (Wildman–Crippen MR) is 60.8 cm³/mol. The molecule has 0 saturated heterocycles. The molecule has 0 aliphatic heterocycles. The van der Waals surface area contributed by atoms with Crippen LogP contribution >= 0.6 is 11.3 Å². The fourth-order valence-electron chi connectivity index (χ4n) is 1.57. The lowest BCUT2D eigenvalue weighted by Gasteiger charge is -2.10. The van der Waals surface area contributed by atoms with Crippen LogP contribution in [0.15, 0.2) is 29.4 Å². The van der Waals surface area contributed by atoms with E-state index in [1.54, 1.807) is 23.9 Å². The van der Waals surface area contributed by atoms with Crippen molar-refractivity contribution in [1.29, 1.82) is 0 Å². The molecule has 1 atom stereocenters. The highest BCUT2D eigenvalue weighted by atomic mass is 32.1. The van der Waals surface area contributed by atoms with Gasteiger partial charge >= 0.3 is 0 Å². The molecule has 0 radical (unpaired) electrons. The maximum atomic E-state index is 9.93. The van der Waals surface area contributed by atoms with Crippen molar-refractivity contribution in [3.05, 3.63) is 40.6 Å². The Kier molecular flexibility index (Phi) is 3.18. The third-order valence-corrected chi connectivity index (χ3v) is 3.21. The molecule has 4 heteroatoms. The van der Waals surface area contributed by atoms with Gasteiger partial charge < -0.3 is 9.67 Å². The van der Waals surface area contributed by atoms with Gasteiger partial charge in [0.25, 0.3) is 0 Å². The Balaban J connectivity index is 1.93. The summed E-state index contributed by atoms with van der Waals surface area (Å²) in [5, 5.41) is 14.1. The molecule has 2 rings (SSSR count). The maximum Gasteiger partial charge on any atom is 0.0958 e. The zero-order chi connectivity index (χ0) is 10.7. The van der Waals surface area contributed by atoms with Crippen LogP contribution in [0.3, 0.4) is 0 Å². The van der Waals surface area contributed by atoms with E-state index in [0.29, 0.717) is 0 Å². The van der Waals surface area contributed by atoms with E-state index in [2.05, 4.69) is 21.8 Å². The number of aromatic nitrogens is 2. The molecule has 0 aromatic carbocycles. The van der Waals surface area contributed by atoms with E-state index in [9.17, 15) is 5.11 Å². The number of aryl methyl sites for hydroxylation is 2. The largest absolute Gasteiger partial charge is 0.387 e. The highest BCUT2D eigenvalue weighted by Gasteiger charge is 2.11. The Bertz CT molecular complexity index is 408. The van der Waals surface area contributed by atoms with E-state index < -0.39 is 6.10 Å². The first-order chi connectivity index (χ1) is 7.27. The average molecular weight is 222 g/mol. The van der Waals surface area contributed by atoms with Crippen LogP contribution in [-0.4, -0.2) is 14.7 Å². The van der Waals surface area contributed by atoms with Gasteiger partial charge in [0.2, 0.25) is 0 Å². The Labute approximate surface area is 93.0 Å². The molecule has 2 heterocycles. The molecule has 15 heavy (non-hydrogen) atoms. The maximum absolute atomic E-state index is 9.93. The third kappa shape index (κ3) is 2.46. The number of aliphatic hydroxyl groups is 1. The molecule has 2 aromatic heterocycles. The SMILES string of the molecule is Cn1cncc1C(O)CCc1ccsc1. The average Bonchev–Trinajstić information content (AvgIpc) is 2.84. The summed E-state index contributed by atoms with van der Waals surface area (Å²) in [6.07, 6.45) is 4.67. The third-order valence-electron chi connectivity index (χ3n) is 2.48. The lowest BCUT2D eigenvalue weighted by Crippen LogP contribution is -2.04. The van der Waals surface area contributed by atoms with Gasteiger partial charge in [-0.25, -0.2) is 4.98 Å². The van der Waals surface area contributed by atoms with Gasteiger partial charge in [0.1, 0.15) is 0 Å². The molecule has 1 N–H and O–H groups in total. The summed E-state index contributed by atoms with van der Waals surface area (Å²) in [7, 11) is 1.90. The van der Waals surface area contributed by atoms with E-state index in [1.165, 1.54) is 5.56 Å². The number of aliphatic hydroxyl groups excluding tert-OH is 1. The zero-order valence-electron chi connectivity index (χ0n) is 8.63. The molecule has 0 bridgehead atoms. The molecule has 0 saturated carbocycles. The highest BCUT2D eigenvalue weighted by Crippen LogP contribution is 2.18. The molecule has 1 unspecified atom stereocenters. The fourth-order valence-corrected chi connectivity index (χ4v) is 2.28. The Morgan fingerprint density at radius 3 is 3.07 bits per heavy atom. The summed E-state index contributed by atoms with van der Waals surface area (Å²) in [5.74, 6) is 0. The van der Waals surface area contributed by atoms with E-state index in [1.807, 2.05) is 11.6 Å². The van der Waals surface area contributed by atoms with Gasteiger partial charge in [0, 0.05) is 7.05 Å². The van der Waals surface area contributed by atoms with Crippen LogP contribution in [0.5, 0.6) is 0 Å². The minimum atomic E-state index is -0.419. The fraction of sp³-hybridized carbons (Fsp3) is 0.364. The molecule has 0 amide bonds. The van der Waals surface area contributed by atoms with Gasteiger partial charge in [-0.2, -0.15) is 11.3 Å². The Hall–Kier alpha value is -1.13. The van der Waals surface area contributed by atoms with Crippen LogP contribution < -0.4 is 0 Å². The van der Waals surface area contributed by atoms with Crippen LogP contribution in [0.25, 0.3) is 0 Å². The Morgan fingerprint density at radius 1 is 1.60 bits per heavy atom. The Morgan fingerprint density at radius 2 is 2.47 bits per heavy atom. The van der Waals surface area contributed by atoms with Crippen molar-refractivity contribution in [2.45, 2.75) is 18.9 Å². The smallest absolute Gasteiger partial charge is 0.0958 e. The van der Waals surface area contributed by atoms with Gasteiger partial charge in [-0.3, -0.25) is 0 Å². The first kappa shape index (κ1) is 10.4. The van der Waals surface area contributed by atoms with Crippen molar-refractivity contribution in [1.82, 2.24) is 9.55 Å². The molecule has 80 valence electrons. The van der Waals surface area contributed by atoms with E-state index in [0.717, 1.165) is 18.5 Å². The summed E-state index contributed by atoms with van der Waals surface area (Å²) in [4.78, 5) is 3.99. The van der Waals surface area contributed by atoms with Crippen LogP contribution in [0, 0.1) is 0 Å². The predicted octanol–water partition coefficient (Wildman–Crippen LogP) is 2.15.